The normalized spacial score (nSPS) is 10.7. The predicted molar refractivity (Wildman–Crippen MR) is 79.6 cm³/mol. The van der Waals surface area contributed by atoms with Crippen LogP contribution >= 0.6 is 0 Å². The molecule has 2 aromatic carbocycles. The lowest BCUT2D eigenvalue weighted by Gasteiger charge is -2.04. The largest absolute Gasteiger partial charge is 0.508 e. The highest BCUT2D eigenvalue weighted by Gasteiger charge is 2.08. The van der Waals surface area contributed by atoms with Crippen LogP contribution < -0.4 is 0 Å². The van der Waals surface area contributed by atoms with E-state index in [0.717, 1.165) is 22.4 Å². The molecule has 3 heteroatoms. The Morgan fingerprint density at radius 2 is 1.70 bits per heavy atom. The molecule has 0 aliphatic heterocycles. The monoisotopic (exact) mass is 264 g/mol. The molecule has 1 aromatic heterocycles. The summed E-state index contributed by atoms with van der Waals surface area (Å²) in [5.41, 5.74) is 4.10. The zero-order valence-electron chi connectivity index (χ0n) is 11.3. The third-order valence-electron chi connectivity index (χ3n) is 3.32. The SMILES string of the molecule is Cc1cn(Cc2ccccc2O)nc1-c1ccccc1. The summed E-state index contributed by atoms with van der Waals surface area (Å²) < 4.78 is 1.87. The second kappa shape index (κ2) is 5.21. The minimum Gasteiger partial charge on any atom is -0.508 e. The van der Waals surface area contributed by atoms with Crippen molar-refractivity contribution in [3.63, 3.8) is 0 Å². The quantitative estimate of drug-likeness (QED) is 0.784. The fraction of sp³-hybridized carbons (Fsp3) is 0.118. The molecule has 0 aliphatic carbocycles. The average molecular weight is 264 g/mol. The molecular weight excluding hydrogens is 248 g/mol. The summed E-state index contributed by atoms with van der Waals surface area (Å²) in [6, 6.07) is 17.5. The van der Waals surface area contributed by atoms with Gasteiger partial charge in [0.2, 0.25) is 0 Å². The van der Waals surface area contributed by atoms with Crippen LogP contribution in [0.5, 0.6) is 5.75 Å². The molecule has 20 heavy (non-hydrogen) atoms. The Bertz CT molecular complexity index is 717. The highest BCUT2D eigenvalue weighted by molar-refractivity contribution is 5.62. The zero-order chi connectivity index (χ0) is 13.9. The molecule has 0 saturated carbocycles. The van der Waals surface area contributed by atoms with E-state index in [0.29, 0.717) is 12.3 Å². The van der Waals surface area contributed by atoms with Crippen LogP contribution in [0.25, 0.3) is 11.3 Å². The summed E-state index contributed by atoms with van der Waals surface area (Å²) in [7, 11) is 0. The van der Waals surface area contributed by atoms with Crippen molar-refractivity contribution >= 4 is 0 Å². The van der Waals surface area contributed by atoms with E-state index < -0.39 is 0 Å². The summed E-state index contributed by atoms with van der Waals surface area (Å²) in [5.74, 6) is 0.307. The van der Waals surface area contributed by atoms with Crippen LogP contribution in [0.1, 0.15) is 11.1 Å². The number of nitrogens with zero attached hydrogens (tertiary/aromatic N) is 2. The molecule has 3 nitrogen and oxygen atoms in total. The van der Waals surface area contributed by atoms with Gasteiger partial charge in [-0.2, -0.15) is 5.10 Å². The summed E-state index contributed by atoms with van der Waals surface area (Å²) >= 11 is 0. The van der Waals surface area contributed by atoms with Crippen molar-refractivity contribution in [2.75, 3.05) is 0 Å². The first-order valence-corrected chi connectivity index (χ1v) is 6.60. The average Bonchev–Trinajstić information content (AvgIpc) is 2.83. The number of benzene rings is 2. The van der Waals surface area contributed by atoms with Gasteiger partial charge in [0.05, 0.1) is 12.2 Å². The van der Waals surface area contributed by atoms with Crippen molar-refractivity contribution in [2.24, 2.45) is 0 Å². The van der Waals surface area contributed by atoms with E-state index in [1.165, 1.54) is 0 Å². The van der Waals surface area contributed by atoms with Crippen LogP contribution in [0.4, 0.5) is 0 Å². The maximum atomic E-state index is 9.82. The first-order valence-electron chi connectivity index (χ1n) is 6.60. The van der Waals surface area contributed by atoms with Gasteiger partial charge < -0.3 is 5.11 Å². The van der Waals surface area contributed by atoms with E-state index in [1.807, 2.05) is 47.3 Å². The van der Waals surface area contributed by atoms with E-state index in [1.54, 1.807) is 6.07 Å². The van der Waals surface area contributed by atoms with Gasteiger partial charge in [-0.15, -0.1) is 0 Å². The molecule has 0 radical (unpaired) electrons. The third-order valence-corrected chi connectivity index (χ3v) is 3.32. The van der Waals surface area contributed by atoms with Crippen LogP contribution in [0, 0.1) is 6.92 Å². The molecule has 0 atom stereocenters. The van der Waals surface area contributed by atoms with Crippen molar-refractivity contribution in [2.45, 2.75) is 13.5 Å². The first kappa shape index (κ1) is 12.5. The molecule has 1 N–H and O–H groups in total. The number of hydrogen-bond acceptors (Lipinski definition) is 2. The highest BCUT2D eigenvalue weighted by atomic mass is 16.3. The summed E-state index contributed by atoms with van der Waals surface area (Å²) in [6.45, 7) is 2.62. The minimum atomic E-state index is 0.307. The molecular formula is C17H16N2O. The first-order chi connectivity index (χ1) is 9.74. The van der Waals surface area contributed by atoms with Crippen LogP contribution in [0.3, 0.4) is 0 Å². The van der Waals surface area contributed by atoms with Gasteiger partial charge in [-0.3, -0.25) is 4.68 Å². The Morgan fingerprint density at radius 1 is 1.00 bits per heavy atom. The van der Waals surface area contributed by atoms with Gasteiger partial charge in [0, 0.05) is 17.3 Å². The molecule has 3 rings (SSSR count). The molecule has 100 valence electrons. The lowest BCUT2D eigenvalue weighted by atomic mass is 10.1. The summed E-state index contributed by atoms with van der Waals surface area (Å²) in [5, 5.41) is 14.4. The molecule has 0 amide bonds. The summed E-state index contributed by atoms with van der Waals surface area (Å²) in [4.78, 5) is 0. The molecule has 0 unspecified atom stereocenters. The maximum Gasteiger partial charge on any atom is 0.120 e. The molecule has 0 aliphatic rings. The topological polar surface area (TPSA) is 38.0 Å². The van der Waals surface area contributed by atoms with Gasteiger partial charge in [0.1, 0.15) is 5.75 Å². The van der Waals surface area contributed by atoms with E-state index in [4.69, 9.17) is 0 Å². The van der Waals surface area contributed by atoms with Crippen LogP contribution in [0.15, 0.2) is 60.8 Å². The Hall–Kier alpha value is -2.55. The minimum absolute atomic E-state index is 0.307. The zero-order valence-corrected chi connectivity index (χ0v) is 11.3. The number of aryl methyl sites for hydroxylation is 1. The number of aromatic hydroxyl groups is 1. The van der Waals surface area contributed by atoms with E-state index in [2.05, 4.69) is 24.2 Å². The van der Waals surface area contributed by atoms with E-state index in [-0.39, 0.29) is 0 Å². The van der Waals surface area contributed by atoms with Crippen molar-refractivity contribution in [1.82, 2.24) is 9.78 Å². The van der Waals surface area contributed by atoms with Gasteiger partial charge in [-0.25, -0.2) is 0 Å². The molecule has 0 spiro atoms. The van der Waals surface area contributed by atoms with Gasteiger partial charge in [-0.1, -0.05) is 48.5 Å². The standard InChI is InChI=1S/C17H16N2O/c1-13-11-19(12-15-9-5-6-10-16(15)20)18-17(13)14-7-3-2-4-8-14/h2-11,20H,12H2,1H3. The van der Waals surface area contributed by atoms with Gasteiger partial charge in [0.15, 0.2) is 0 Å². The van der Waals surface area contributed by atoms with Crippen molar-refractivity contribution in [1.29, 1.82) is 0 Å². The maximum absolute atomic E-state index is 9.82. The molecule has 1 heterocycles. The number of hydrogen-bond donors (Lipinski definition) is 1. The number of phenols is 1. The van der Waals surface area contributed by atoms with Crippen molar-refractivity contribution in [3.05, 3.63) is 71.9 Å². The Balaban J connectivity index is 1.92. The fourth-order valence-corrected chi connectivity index (χ4v) is 2.30. The van der Waals surface area contributed by atoms with Crippen LogP contribution in [0.2, 0.25) is 0 Å². The molecule has 0 saturated heterocycles. The Kier molecular flexibility index (Phi) is 3.25. The lowest BCUT2D eigenvalue weighted by Crippen LogP contribution is -2.00. The van der Waals surface area contributed by atoms with Crippen molar-refractivity contribution < 1.29 is 5.11 Å². The van der Waals surface area contributed by atoms with Crippen molar-refractivity contribution in [3.8, 4) is 17.0 Å². The second-order valence-electron chi connectivity index (χ2n) is 4.85. The second-order valence-corrected chi connectivity index (χ2v) is 4.85. The van der Waals surface area contributed by atoms with E-state index >= 15 is 0 Å². The smallest absolute Gasteiger partial charge is 0.120 e. The predicted octanol–water partition coefficient (Wildman–Crippen LogP) is 3.61. The summed E-state index contributed by atoms with van der Waals surface area (Å²) in [6.07, 6.45) is 2.01. The fourth-order valence-electron chi connectivity index (χ4n) is 2.30. The Morgan fingerprint density at radius 3 is 2.45 bits per heavy atom. The van der Waals surface area contributed by atoms with Crippen LogP contribution in [-0.4, -0.2) is 14.9 Å². The highest BCUT2D eigenvalue weighted by Crippen LogP contribution is 2.22. The Labute approximate surface area is 118 Å². The molecule has 0 bridgehead atoms. The number of phenolic OH excluding ortho intramolecular Hbond substituents is 1. The number of rotatable bonds is 3. The number of aromatic nitrogens is 2. The van der Waals surface area contributed by atoms with E-state index in [9.17, 15) is 5.11 Å². The van der Waals surface area contributed by atoms with Crippen LogP contribution in [-0.2, 0) is 6.54 Å². The molecule has 0 fully saturated rings. The number of para-hydroxylation sites is 1. The van der Waals surface area contributed by atoms with Gasteiger partial charge >= 0.3 is 0 Å². The van der Waals surface area contributed by atoms with Gasteiger partial charge in [-0.05, 0) is 18.6 Å². The van der Waals surface area contributed by atoms with Gasteiger partial charge in [0.25, 0.3) is 0 Å². The lowest BCUT2D eigenvalue weighted by molar-refractivity contribution is 0.464. The molecule has 3 aromatic rings. The third kappa shape index (κ3) is 2.43.